The zero-order chi connectivity index (χ0) is 21.9. The molecule has 160 valence electrons. The zero-order valence-electron chi connectivity index (χ0n) is 16.1. The van der Waals surface area contributed by atoms with E-state index in [1.807, 2.05) is 0 Å². The molecule has 0 radical (unpaired) electrons. The van der Waals surface area contributed by atoms with Gasteiger partial charge >= 0.3 is 5.97 Å². The van der Waals surface area contributed by atoms with Gasteiger partial charge in [-0.25, -0.2) is 13.2 Å². The van der Waals surface area contributed by atoms with Gasteiger partial charge < -0.3 is 10.1 Å². The Morgan fingerprint density at radius 3 is 2.30 bits per heavy atom. The molecule has 1 aliphatic rings. The second kappa shape index (κ2) is 9.34. The number of esters is 1. The lowest BCUT2D eigenvalue weighted by molar-refractivity contribution is -0.120. The molecular formula is C20H20Cl2N2O5S. The van der Waals surface area contributed by atoms with Crippen LogP contribution in [0.15, 0.2) is 47.4 Å². The van der Waals surface area contributed by atoms with Gasteiger partial charge in [-0.2, -0.15) is 4.31 Å². The first-order valence-electron chi connectivity index (χ1n) is 9.17. The number of benzene rings is 2. The van der Waals surface area contributed by atoms with Crippen LogP contribution in [-0.4, -0.2) is 44.8 Å². The van der Waals surface area contributed by atoms with Crippen molar-refractivity contribution in [2.75, 3.05) is 25.5 Å². The molecule has 30 heavy (non-hydrogen) atoms. The number of hydrogen-bond acceptors (Lipinski definition) is 5. The van der Waals surface area contributed by atoms with Crippen molar-refractivity contribution >= 4 is 50.8 Å². The molecule has 0 aliphatic carbocycles. The largest absolute Gasteiger partial charge is 0.465 e. The lowest BCUT2D eigenvalue weighted by atomic mass is 9.97. The molecule has 3 rings (SSSR count). The summed E-state index contributed by atoms with van der Waals surface area (Å²) in [5.74, 6) is -1.19. The third kappa shape index (κ3) is 4.95. The first-order chi connectivity index (χ1) is 14.2. The van der Waals surface area contributed by atoms with Crippen molar-refractivity contribution in [2.24, 2.45) is 5.92 Å². The number of carbonyl (C=O) groups is 2. The summed E-state index contributed by atoms with van der Waals surface area (Å²) < 4.78 is 31.6. The first-order valence-corrected chi connectivity index (χ1v) is 11.4. The fourth-order valence-electron chi connectivity index (χ4n) is 3.23. The lowest BCUT2D eigenvalue weighted by Crippen LogP contribution is -2.41. The Balaban J connectivity index is 1.63. The highest BCUT2D eigenvalue weighted by molar-refractivity contribution is 7.89. The number of carbonyl (C=O) groups excluding carboxylic acids is 2. The smallest absolute Gasteiger partial charge is 0.339 e. The van der Waals surface area contributed by atoms with Crippen LogP contribution in [0.4, 0.5) is 5.69 Å². The SMILES string of the molecule is COC(=O)c1cc(NC(=O)C2CCN(S(=O)(=O)c3ccc(Cl)cc3)CC2)ccc1Cl. The second-order valence-electron chi connectivity index (χ2n) is 6.81. The van der Waals surface area contributed by atoms with Gasteiger partial charge in [-0.3, -0.25) is 4.79 Å². The average molecular weight is 471 g/mol. The molecule has 2 aromatic carbocycles. The van der Waals surface area contributed by atoms with Gasteiger partial charge in [-0.15, -0.1) is 0 Å². The molecule has 10 heteroatoms. The molecule has 0 atom stereocenters. The molecule has 1 fully saturated rings. The van der Waals surface area contributed by atoms with Crippen LogP contribution >= 0.6 is 23.2 Å². The molecule has 0 spiro atoms. The summed E-state index contributed by atoms with van der Waals surface area (Å²) in [7, 11) is -2.39. The molecular weight excluding hydrogens is 451 g/mol. The summed E-state index contributed by atoms with van der Waals surface area (Å²) in [6, 6.07) is 10.5. The van der Waals surface area contributed by atoms with Crippen LogP contribution in [-0.2, 0) is 19.6 Å². The molecule has 0 bridgehead atoms. The number of hydrogen-bond donors (Lipinski definition) is 1. The molecule has 0 aromatic heterocycles. The van der Waals surface area contributed by atoms with E-state index in [1.165, 1.54) is 47.8 Å². The van der Waals surface area contributed by atoms with E-state index in [1.54, 1.807) is 6.07 Å². The van der Waals surface area contributed by atoms with Crippen LogP contribution in [0.1, 0.15) is 23.2 Å². The number of halogens is 2. The van der Waals surface area contributed by atoms with Crippen LogP contribution in [0.5, 0.6) is 0 Å². The van der Waals surface area contributed by atoms with E-state index in [-0.39, 0.29) is 40.4 Å². The number of piperidine rings is 1. The summed E-state index contributed by atoms with van der Waals surface area (Å²) in [5, 5.41) is 3.44. The minimum atomic E-state index is -3.63. The van der Waals surface area contributed by atoms with Crippen molar-refractivity contribution in [2.45, 2.75) is 17.7 Å². The van der Waals surface area contributed by atoms with E-state index in [4.69, 9.17) is 23.2 Å². The highest BCUT2D eigenvalue weighted by Crippen LogP contribution is 2.27. The van der Waals surface area contributed by atoms with Crippen molar-refractivity contribution in [3.63, 3.8) is 0 Å². The summed E-state index contributed by atoms with van der Waals surface area (Å²) in [4.78, 5) is 24.5. The predicted octanol–water partition coefficient (Wildman–Crippen LogP) is 3.82. The monoisotopic (exact) mass is 470 g/mol. The summed E-state index contributed by atoms with van der Waals surface area (Å²) in [5.41, 5.74) is 0.571. The number of rotatable bonds is 5. The first kappa shape index (κ1) is 22.6. The highest BCUT2D eigenvalue weighted by Gasteiger charge is 2.32. The normalized spacial score (nSPS) is 15.6. The van der Waals surface area contributed by atoms with Crippen LogP contribution in [0, 0.1) is 5.92 Å². The number of sulfonamides is 1. The van der Waals surface area contributed by atoms with E-state index in [0.29, 0.717) is 23.6 Å². The Hall–Kier alpha value is -2.13. The lowest BCUT2D eigenvalue weighted by Gasteiger charge is -2.30. The number of nitrogens with zero attached hydrogens (tertiary/aromatic N) is 1. The summed E-state index contributed by atoms with van der Waals surface area (Å²) >= 11 is 11.8. The van der Waals surface area contributed by atoms with Crippen molar-refractivity contribution in [1.29, 1.82) is 0 Å². The van der Waals surface area contributed by atoms with E-state index in [0.717, 1.165) is 0 Å². The number of nitrogens with one attached hydrogen (secondary N) is 1. The third-order valence-corrected chi connectivity index (χ3v) is 7.41. The Labute approximate surface area is 185 Å². The van der Waals surface area contributed by atoms with Gasteiger partial charge in [-0.1, -0.05) is 23.2 Å². The van der Waals surface area contributed by atoms with Crippen molar-refractivity contribution in [3.05, 3.63) is 58.1 Å². The van der Waals surface area contributed by atoms with E-state index >= 15 is 0 Å². The van der Waals surface area contributed by atoms with Crippen molar-refractivity contribution in [3.8, 4) is 0 Å². The Kier molecular flexibility index (Phi) is 7.02. The van der Waals surface area contributed by atoms with Gasteiger partial charge in [-0.05, 0) is 55.3 Å². The number of methoxy groups -OCH3 is 1. The molecule has 1 N–H and O–H groups in total. The minimum Gasteiger partial charge on any atom is -0.465 e. The maximum absolute atomic E-state index is 12.8. The van der Waals surface area contributed by atoms with Gasteiger partial charge in [0.05, 0.1) is 22.6 Å². The van der Waals surface area contributed by atoms with Gasteiger partial charge in [0.2, 0.25) is 15.9 Å². The quantitative estimate of drug-likeness (QED) is 0.670. The number of ether oxygens (including phenoxy) is 1. The summed E-state index contributed by atoms with van der Waals surface area (Å²) in [6.45, 7) is 0.466. The maximum atomic E-state index is 12.8. The zero-order valence-corrected chi connectivity index (χ0v) is 18.4. The molecule has 1 aliphatic heterocycles. The Morgan fingerprint density at radius 2 is 1.70 bits per heavy atom. The van der Waals surface area contributed by atoms with Crippen LogP contribution in [0.3, 0.4) is 0 Å². The Morgan fingerprint density at radius 1 is 1.07 bits per heavy atom. The van der Waals surface area contributed by atoms with Gasteiger partial charge in [0, 0.05) is 29.7 Å². The highest BCUT2D eigenvalue weighted by atomic mass is 35.5. The van der Waals surface area contributed by atoms with E-state index < -0.39 is 16.0 Å². The van der Waals surface area contributed by atoms with Gasteiger partial charge in [0.15, 0.2) is 0 Å². The topological polar surface area (TPSA) is 92.8 Å². The molecule has 0 unspecified atom stereocenters. The van der Waals surface area contributed by atoms with Crippen LogP contribution in [0.2, 0.25) is 10.0 Å². The molecule has 7 nitrogen and oxygen atoms in total. The van der Waals surface area contributed by atoms with E-state index in [2.05, 4.69) is 10.1 Å². The molecule has 1 heterocycles. The van der Waals surface area contributed by atoms with E-state index in [9.17, 15) is 18.0 Å². The Bertz CT molecular complexity index is 1050. The van der Waals surface area contributed by atoms with Crippen molar-refractivity contribution in [1.82, 2.24) is 4.31 Å². The average Bonchev–Trinajstić information content (AvgIpc) is 2.75. The summed E-state index contributed by atoms with van der Waals surface area (Å²) in [6.07, 6.45) is 0.770. The standard InChI is InChI=1S/C20H20Cl2N2O5S/c1-29-20(26)17-12-15(4-7-18(17)22)23-19(25)13-8-10-24(11-9-13)30(27,28)16-5-2-14(21)3-6-16/h2-7,12-13H,8-11H2,1H3,(H,23,25). The van der Waals surface area contributed by atoms with Crippen LogP contribution in [0.25, 0.3) is 0 Å². The third-order valence-electron chi connectivity index (χ3n) is 4.92. The predicted molar refractivity (Wildman–Crippen MR) is 114 cm³/mol. The van der Waals surface area contributed by atoms with Crippen molar-refractivity contribution < 1.29 is 22.7 Å². The maximum Gasteiger partial charge on any atom is 0.339 e. The minimum absolute atomic E-state index is 0.154. The second-order valence-corrected chi connectivity index (χ2v) is 9.59. The number of amides is 1. The fourth-order valence-corrected chi connectivity index (χ4v) is 5.02. The molecule has 1 saturated heterocycles. The van der Waals surface area contributed by atoms with Gasteiger partial charge in [0.1, 0.15) is 0 Å². The fraction of sp³-hybridized carbons (Fsp3) is 0.300. The number of anilines is 1. The molecule has 0 saturated carbocycles. The molecule has 2 aromatic rings. The molecule has 1 amide bonds. The van der Waals surface area contributed by atoms with Crippen LogP contribution < -0.4 is 5.32 Å². The van der Waals surface area contributed by atoms with Gasteiger partial charge in [0.25, 0.3) is 0 Å².